The number of halogens is 5. The molecule has 9 heteroatoms. The quantitative estimate of drug-likeness (QED) is 0.449. The lowest BCUT2D eigenvalue weighted by Gasteiger charge is -2.22. The number of aryl methyl sites for hydroxylation is 1. The summed E-state index contributed by atoms with van der Waals surface area (Å²) in [7, 11) is 0. The second kappa shape index (κ2) is 8.12. The second-order valence-corrected chi connectivity index (χ2v) is 7.23. The van der Waals surface area contributed by atoms with Gasteiger partial charge in [0.05, 0.1) is 0 Å². The molecule has 0 saturated carbocycles. The van der Waals surface area contributed by atoms with Crippen LogP contribution in [-0.4, -0.2) is 11.6 Å². The van der Waals surface area contributed by atoms with Crippen molar-refractivity contribution < 1.29 is 36.6 Å². The topological polar surface area (TPSA) is 52.6 Å². The van der Waals surface area contributed by atoms with Gasteiger partial charge < -0.3 is 9.47 Å². The van der Waals surface area contributed by atoms with E-state index in [9.17, 15) is 27.2 Å². The van der Waals surface area contributed by atoms with E-state index in [4.69, 9.17) is 21.1 Å². The molecule has 32 heavy (non-hydrogen) atoms. The summed E-state index contributed by atoms with van der Waals surface area (Å²) in [6.07, 6.45) is 0. The van der Waals surface area contributed by atoms with Crippen molar-refractivity contribution in [2.75, 3.05) is 0 Å². The zero-order valence-electron chi connectivity index (χ0n) is 16.1. The molecular formula is C23H11ClF4O4. The first-order chi connectivity index (χ1) is 15.2. The molecule has 0 aromatic heterocycles. The first-order valence-electron chi connectivity index (χ1n) is 9.06. The lowest BCUT2D eigenvalue weighted by Crippen LogP contribution is -2.28. The molecule has 1 aliphatic rings. The first kappa shape index (κ1) is 21.6. The van der Waals surface area contributed by atoms with Crippen LogP contribution in [-0.2, 0) is 0 Å². The number of allylic oxidation sites excluding steroid dienone is 2. The van der Waals surface area contributed by atoms with Gasteiger partial charge in [0.15, 0.2) is 29.0 Å². The number of hydrogen-bond donors (Lipinski definition) is 0. The molecule has 4 nitrogen and oxygen atoms in total. The lowest BCUT2D eigenvalue weighted by atomic mass is 9.92. The van der Waals surface area contributed by atoms with Crippen LogP contribution in [0.5, 0.6) is 11.5 Å². The molecule has 0 radical (unpaired) electrons. The summed E-state index contributed by atoms with van der Waals surface area (Å²) >= 11 is 5.80. The van der Waals surface area contributed by atoms with Gasteiger partial charge in [-0.15, -0.1) is 0 Å². The summed E-state index contributed by atoms with van der Waals surface area (Å²) in [6, 6.07) is 8.55. The monoisotopic (exact) mass is 462 g/mol. The fraction of sp³-hybridized carbons (Fsp3) is 0.0435. The summed E-state index contributed by atoms with van der Waals surface area (Å²) in [5.74, 6) is -10.1. The summed E-state index contributed by atoms with van der Waals surface area (Å²) in [6.45, 7) is 1.44. The molecule has 4 rings (SSSR count). The maximum Gasteiger partial charge on any atom is 0.233 e. The average Bonchev–Trinajstić information content (AvgIpc) is 2.72. The Balaban J connectivity index is 1.90. The van der Waals surface area contributed by atoms with Crippen LogP contribution >= 0.6 is 11.6 Å². The number of carbonyl (C=O) groups is 2. The molecule has 0 spiro atoms. The normalized spacial score (nSPS) is 13.3. The van der Waals surface area contributed by atoms with Gasteiger partial charge in [-0.25, -0.2) is 17.6 Å². The number of hydrogen-bond acceptors (Lipinski definition) is 4. The van der Waals surface area contributed by atoms with Gasteiger partial charge in [0.1, 0.15) is 5.82 Å². The Morgan fingerprint density at radius 2 is 1.19 bits per heavy atom. The minimum atomic E-state index is -1.46. The van der Waals surface area contributed by atoms with Crippen molar-refractivity contribution in [3.05, 3.63) is 105 Å². The van der Waals surface area contributed by atoms with Crippen molar-refractivity contribution >= 4 is 23.2 Å². The number of carbonyl (C=O) groups excluding carboxylic acids is 2. The van der Waals surface area contributed by atoms with Crippen molar-refractivity contribution in [3.8, 4) is 11.5 Å². The van der Waals surface area contributed by atoms with Crippen LogP contribution in [0.3, 0.4) is 0 Å². The Bertz CT molecular complexity index is 1190. The molecule has 0 saturated heterocycles. The second-order valence-electron chi connectivity index (χ2n) is 6.80. The van der Waals surface area contributed by atoms with E-state index in [1.165, 1.54) is 37.3 Å². The number of benzene rings is 3. The Morgan fingerprint density at radius 1 is 0.719 bits per heavy atom. The maximum atomic E-state index is 14.5. The third-order valence-electron chi connectivity index (χ3n) is 4.60. The highest BCUT2D eigenvalue weighted by atomic mass is 35.5. The van der Waals surface area contributed by atoms with Gasteiger partial charge in [0.2, 0.25) is 23.1 Å². The van der Waals surface area contributed by atoms with Crippen molar-refractivity contribution in [1.82, 2.24) is 0 Å². The fourth-order valence-corrected chi connectivity index (χ4v) is 3.42. The summed E-state index contributed by atoms with van der Waals surface area (Å²) < 4.78 is 66.6. The van der Waals surface area contributed by atoms with Gasteiger partial charge in [-0.2, -0.15) is 0 Å². The largest absolute Gasteiger partial charge is 0.446 e. The number of rotatable bonds is 4. The third-order valence-corrected chi connectivity index (χ3v) is 4.82. The Kier molecular flexibility index (Phi) is 5.48. The molecule has 0 N–H and O–H groups in total. The Labute approximate surface area is 183 Å². The summed E-state index contributed by atoms with van der Waals surface area (Å²) in [4.78, 5) is 26.1. The van der Waals surface area contributed by atoms with Crippen LogP contribution in [0, 0.1) is 30.2 Å². The number of ether oxygens (including phenoxy) is 2. The fourth-order valence-electron chi connectivity index (χ4n) is 3.16. The number of ketones is 2. The third kappa shape index (κ3) is 3.73. The summed E-state index contributed by atoms with van der Waals surface area (Å²) in [5, 5.41) is 0.0599. The Morgan fingerprint density at radius 3 is 1.69 bits per heavy atom. The standard InChI is InChI=1S/C23H11ClF4O4/c1-10-6-11(24)7-15(26)20(10)31-22-18(29)13-4-2-3-5-14(13)19(30)23(22)32-21-16(27)8-12(25)9-17(21)28/h2-9H,1H3. The van der Waals surface area contributed by atoms with Crippen molar-refractivity contribution in [1.29, 1.82) is 0 Å². The van der Waals surface area contributed by atoms with Crippen molar-refractivity contribution in [2.45, 2.75) is 6.92 Å². The number of fused-ring (bicyclic) bond motifs is 1. The molecule has 0 heterocycles. The van der Waals surface area contributed by atoms with Crippen molar-refractivity contribution in [3.63, 3.8) is 0 Å². The van der Waals surface area contributed by atoms with E-state index < -0.39 is 57.9 Å². The van der Waals surface area contributed by atoms with Crippen LogP contribution < -0.4 is 9.47 Å². The van der Waals surface area contributed by atoms with Gasteiger partial charge in [-0.1, -0.05) is 35.9 Å². The predicted octanol–water partition coefficient (Wildman–Crippen LogP) is 5.95. The van der Waals surface area contributed by atoms with Gasteiger partial charge in [-0.05, 0) is 24.6 Å². The van der Waals surface area contributed by atoms with Gasteiger partial charge >= 0.3 is 0 Å². The van der Waals surface area contributed by atoms with Gasteiger partial charge in [-0.3, -0.25) is 9.59 Å². The van der Waals surface area contributed by atoms with E-state index >= 15 is 0 Å². The molecule has 0 fully saturated rings. The SMILES string of the molecule is Cc1cc(Cl)cc(F)c1OC1=C(Oc2c(F)cc(F)cc2F)C(=O)c2ccccc2C1=O. The van der Waals surface area contributed by atoms with Crippen LogP contribution in [0.25, 0.3) is 0 Å². The lowest BCUT2D eigenvalue weighted by molar-refractivity contribution is 0.0892. The number of Topliss-reactive ketones (excluding diaryl/α,β-unsaturated/α-hetero) is 2. The van der Waals surface area contributed by atoms with E-state index in [0.29, 0.717) is 12.1 Å². The van der Waals surface area contributed by atoms with Gasteiger partial charge in [0, 0.05) is 28.3 Å². The smallest absolute Gasteiger partial charge is 0.233 e. The van der Waals surface area contributed by atoms with Crippen LogP contribution in [0.2, 0.25) is 5.02 Å². The molecule has 0 atom stereocenters. The predicted molar refractivity (Wildman–Crippen MR) is 106 cm³/mol. The van der Waals surface area contributed by atoms with E-state index in [1.54, 1.807) is 0 Å². The molecule has 0 aliphatic heterocycles. The van der Waals surface area contributed by atoms with Crippen LogP contribution in [0.15, 0.2) is 60.0 Å². The molecule has 162 valence electrons. The minimum absolute atomic E-state index is 0.0599. The van der Waals surface area contributed by atoms with E-state index in [-0.39, 0.29) is 21.7 Å². The van der Waals surface area contributed by atoms with Crippen LogP contribution in [0.4, 0.5) is 17.6 Å². The molecule has 1 aliphatic carbocycles. The van der Waals surface area contributed by atoms with E-state index in [2.05, 4.69) is 0 Å². The molecule has 3 aromatic carbocycles. The molecule has 3 aromatic rings. The Hall–Kier alpha value is -3.65. The van der Waals surface area contributed by atoms with E-state index in [1.807, 2.05) is 0 Å². The molecule has 0 unspecified atom stereocenters. The van der Waals surface area contributed by atoms with Crippen LogP contribution in [0.1, 0.15) is 26.3 Å². The van der Waals surface area contributed by atoms with Crippen molar-refractivity contribution in [2.24, 2.45) is 0 Å². The average molecular weight is 463 g/mol. The highest BCUT2D eigenvalue weighted by Crippen LogP contribution is 2.35. The zero-order chi connectivity index (χ0) is 23.2. The maximum absolute atomic E-state index is 14.5. The first-order valence-corrected chi connectivity index (χ1v) is 9.43. The molecule has 0 bridgehead atoms. The molecule has 0 amide bonds. The zero-order valence-corrected chi connectivity index (χ0v) is 16.9. The summed E-state index contributed by atoms with van der Waals surface area (Å²) in [5.41, 5.74) is -0.0110. The minimum Gasteiger partial charge on any atom is -0.446 e. The highest BCUT2D eigenvalue weighted by Gasteiger charge is 2.37. The highest BCUT2D eigenvalue weighted by molar-refractivity contribution is 6.30. The van der Waals surface area contributed by atoms with Gasteiger partial charge in [0.25, 0.3) is 0 Å². The molecular weight excluding hydrogens is 452 g/mol. The van der Waals surface area contributed by atoms with E-state index in [0.717, 1.165) is 6.07 Å².